The van der Waals surface area contributed by atoms with Gasteiger partial charge in [-0.25, -0.2) is 0 Å². The van der Waals surface area contributed by atoms with Crippen molar-refractivity contribution in [3.63, 3.8) is 0 Å². The number of hydrogen-bond donors (Lipinski definition) is 2. The Kier molecular flexibility index (Phi) is 4.87. The quantitative estimate of drug-likeness (QED) is 0.889. The Balaban J connectivity index is 1.65. The molecule has 0 radical (unpaired) electrons. The molecule has 2 aliphatic heterocycles. The average molecular weight is 318 g/mol. The minimum atomic E-state index is -1.03. The lowest BCUT2D eigenvalue weighted by Gasteiger charge is -2.24. The molecule has 0 spiro atoms. The minimum absolute atomic E-state index is 0.0140. The summed E-state index contributed by atoms with van der Waals surface area (Å²) in [5, 5.41) is 19.5. The molecule has 23 heavy (non-hydrogen) atoms. The predicted molar refractivity (Wildman–Crippen MR) is 89.7 cm³/mol. The maximum atomic E-state index is 12.7. The number of amides is 1. The summed E-state index contributed by atoms with van der Waals surface area (Å²) in [6.07, 6.45) is 4.17. The highest BCUT2D eigenvalue weighted by Gasteiger charge is 2.31. The Labute approximate surface area is 137 Å². The molecule has 2 N–H and O–H groups in total. The van der Waals surface area contributed by atoms with Crippen LogP contribution >= 0.6 is 0 Å². The van der Waals surface area contributed by atoms with E-state index < -0.39 is 5.60 Å². The molecule has 1 unspecified atom stereocenters. The fourth-order valence-corrected chi connectivity index (χ4v) is 3.51. The van der Waals surface area contributed by atoms with E-state index in [4.69, 9.17) is 0 Å². The number of nitrogens with zero attached hydrogens (tertiary/aromatic N) is 2. The lowest BCUT2D eigenvalue weighted by molar-refractivity contribution is -0.0250. The number of likely N-dealkylation sites (tertiary alicyclic amines) is 1. The van der Waals surface area contributed by atoms with E-state index in [0.29, 0.717) is 37.9 Å². The molecule has 2 fully saturated rings. The summed E-state index contributed by atoms with van der Waals surface area (Å²) >= 11 is 0. The molecule has 126 valence electrons. The van der Waals surface area contributed by atoms with E-state index in [2.05, 4.69) is 4.90 Å². The first-order valence-electron chi connectivity index (χ1n) is 8.59. The van der Waals surface area contributed by atoms with Crippen LogP contribution in [-0.2, 0) is 0 Å². The van der Waals surface area contributed by atoms with Crippen molar-refractivity contribution >= 4 is 11.6 Å². The molecule has 2 saturated heterocycles. The highest BCUT2D eigenvalue weighted by Crippen LogP contribution is 2.24. The Morgan fingerprint density at radius 2 is 1.70 bits per heavy atom. The van der Waals surface area contributed by atoms with Crippen LogP contribution in [0, 0.1) is 0 Å². The molecule has 1 aromatic rings. The molecule has 5 nitrogen and oxygen atoms in total. The van der Waals surface area contributed by atoms with Crippen LogP contribution in [0.2, 0.25) is 0 Å². The molecule has 0 aliphatic carbocycles. The number of aliphatic hydroxyl groups is 2. The lowest BCUT2D eigenvalue weighted by Crippen LogP contribution is -2.36. The van der Waals surface area contributed by atoms with Gasteiger partial charge in [0, 0.05) is 37.4 Å². The van der Waals surface area contributed by atoms with E-state index >= 15 is 0 Å². The van der Waals surface area contributed by atoms with E-state index in [9.17, 15) is 15.0 Å². The van der Waals surface area contributed by atoms with Crippen molar-refractivity contribution < 1.29 is 15.0 Å². The molecule has 0 saturated carbocycles. The first-order chi connectivity index (χ1) is 11.1. The van der Waals surface area contributed by atoms with Crippen molar-refractivity contribution in [2.45, 2.75) is 37.7 Å². The summed E-state index contributed by atoms with van der Waals surface area (Å²) in [6.45, 7) is 3.08. The van der Waals surface area contributed by atoms with Crippen LogP contribution in [0.1, 0.15) is 42.5 Å². The normalized spacial score (nSPS) is 25.5. The van der Waals surface area contributed by atoms with Gasteiger partial charge >= 0.3 is 0 Å². The van der Waals surface area contributed by atoms with Crippen molar-refractivity contribution in [3.8, 4) is 0 Å². The van der Waals surface area contributed by atoms with E-state index in [1.54, 1.807) is 4.90 Å². The second-order valence-electron chi connectivity index (χ2n) is 6.77. The number of rotatable bonds is 3. The Bertz CT molecular complexity index is 540. The number of carbonyl (C=O) groups is 1. The summed E-state index contributed by atoms with van der Waals surface area (Å²) in [6, 6.07) is 7.86. The van der Waals surface area contributed by atoms with Gasteiger partial charge in [0.1, 0.15) is 0 Å². The van der Waals surface area contributed by atoms with E-state index in [0.717, 1.165) is 13.1 Å². The van der Waals surface area contributed by atoms with Crippen LogP contribution in [0.15, 0.2) is 24.3 Å². The van der Waals surface area contributed by atoms with Gasteiger partial charge in [-0.1, -0.05) is 0 Å². The third-order valence-corrected chi connectivity index (χ3v) is 5.08. The minimum Gasteiger partial charge on any atom is -0.393 e. The first-order valence-corrected chi connectivity index (χ1v) is 8.59. The molecule has 3 rings (SSSR count). The summed E-state index contributed by atoms with van der Waals surface area (Å²) in [5.74, 6) is 0.0140. The highest BCUT2D eigenvalue weighted by molar-refractivity contribution is 5.94. The van der Waals surface area contributed by atoms with Crippen LogP contribution < -0.4 is 4.90 Å². The molecule has 2 heterocycles. The maximum Gasteiger partial charge on any atom is 0.253 e. The summed E-state index contributed by atoms with van der Waals surface area (Å²) < 4.78 is 0. The molecule has 1 atom stereocenters. The lowest BCUT2D eigenvalue weighted by atomic mass is 9.96. The molecular formula is C18H26N2O3. The third-order valence-electron chi connectivity index (χ3n) is 5.08. The standard InChI is InChI=1S/C18H26N2O3/c21-14-18(23)8-3-12-20(13-9-18)17(22)15-4-6-16(7-5-15)19-10-1-2-11-19/h4-7,21,23H,1-3,8-14H2. The zero-order valence-corrected chi connectivity index (χ0v) is 13.6. The largest absolute Gasteiger partial charge is 0.393 e. The summed E-state index contributed by atoms with van der Waals surface area (Å²) in [5.41, 5.74) is 0.848. The van der Waals surface area contributed by atoms with Crippen LogP contribution in [0.5, 0.6) is 0 Å². The zero-order chi connectivity index (χ0) is 16.3. The highest BCUT2D eigenvalue weighted by atomic mass is 16.3. The topological polar surface area (TPSA) is 64.0 Å². The molecule has 1 amide bonds. The fraction of sp³-hybridized carbons (Fsp3) is 0.611. The van der Waals surface area contributed by atoms with Gasteiger partial charge in [0.05, 0.1) is 12.2 Å². The molecular weight excluding hydrogens is 292 g/mol. The monoisotopic (exact) mass is 318 g/mol. The Morgan fingerprint density at radius 1 is 1.00 bits per heavy atom. The molecule has 2 aliphatic rings. The number of benzene rings is 1. The van der Waals surface area contributed by atoms with Crippen molar-refractivity contribution in [2.75, 3.05) is 37.7 Å². The summed E-state index contributed by atoms with van der Waals surface area (Å²) in [4.78, 5) is 16.8. The van der Waals surface area contributed by atoms with Crippen molar-refractivity contribution in [1.29, 1.82) is 0 Å². The van der Waals surface area contributed by atoms with Gasteiger partial charge in [0.25, 0.3) is 5.91 Å². The van der Waals surface area contributed by atoms with Crippen molar-refractivity contribution in [3.05, 3.63) is 29.8 Å². The van der Waals surface area contributed by atoms with E-state index in [1.807, 2.05) is 24.3 Å². The smallest absolute Gasteiger partial charge is 0.253 e. The number of carbonyl (C=O) groups excluding carboxylic acids is 1. The van der Waals surface area contributed by atoms with Crippen LogP contribution in [-0.4, -0.2) is 59.4 Å². The molecule has 0 bridgehead atoms. The van der Waals surface area contributed by atoms with Gasteiger partial charge in [0.2, 0.25) is 0 Å². The fourth-order valence-electron chi connectivity index (χ4n) is 3.51. The van der Waals surface area contributed by atoms with Crippen LogP contribution in [0.4, 0.5) is 5.69 Å². The number of aliphatic hydroxyl groups excluding tert-OH is 1. The molecule has 0 aromatic heterocycles. The van der Waals surface area contributed by atoms with Crippen LogP contribution in [0.25, 0.3) is 0 Å². The van der Waals surface area contributed by atoms with Gasteiger partial charge in [-0.2, -0.15) is 0 Å². The predicted octanol–water partition coefficient (Wildman–Crippen LogP) is 1.64. The van der Waals surface area contributed by atoms with Crippen molar-refractivity contribution in [2.24, 2.45) is 0 Å². The zero-order valence-electron chi connectivity index (χ0n) is 13.6. The van der Waals surface area contributed by atoms with Gasteiger partial charge in [-0.3, -0.25) is 4.79 Å². The first kappa shape index (κ1) is 16.3. The van der Waals surface area contributed by atoms with E-state index in [-0.39, 0.29) is 12.5 Å². The SMILES string of the molecule is O=C(c1ccc(N2CCCC2)cc1)N1CCCC(O)(CO)CC1. The summed E-state index contributed by atoms with van der Waals surface area (Å²) in [7, 11) is 0. The van der Waals surface area contributed by atoms with E-state index in [1.165, 1.54) is 18.5 Å². The number of hydrogen-bond acceptors (Lipinski definition) is 4. The number of anilines is 1. The Morgan fingerprint density at radius 3 is 2.35 bits per heavy atom. The second kappa shape index (κ2) is 6.89. The van der Waals surface area contributed by atoms with Gasteiger partial charge in [0.15, 0.2) is 0 Å². The van der Waals surface area contributed by atoms with Gasteiger partial charge in [-0.15, -0.1) is 0 Å². The Hall–Kier alpha value is -1.59. The molecule has 1 aromatic carbocycles. The van der Waals surface area contributed by atoms with Crippen molar-refractivity contribution in [1.82, 2.24) is 4.90 Å². The maximum absolute atomic E-state index is 12.7. The average Bonchev–Trinajstić information content (AvgIpc) is 3.05. The second-order valence-corrected chi connectivity index (χ2v) is 6.77. The third kappa shape index (κ3) is 3.67. The van der Waals surface area contributed by atoms with Gasteiger partial charge < -0.3 is 20.0 Å². The van der Waals surface area contributed by atoms with Gasteiger partial charge in [-0.05, 0) is 56.4 Å². The molecule has 5 heteroatoms. The van der Waals surface area contributed by atoms with Crippen LogP contribution in [0.3, 0.4) is 0 Å².